The fourth-order valence-electron chi connectivity index (χ4n) is 2.48. The van der Waals surface area contributed by atoms with Gasteiger partial charge in [-0.3, -0.25) is 0 Å². The number of ether oxygens (including phenoxy) is 1. The standard InChI is InChI=1S/C14H19N3O3S.ClH/c1-20-13-8-10(9-15)2-7-14(13)21(18,19)17-12-5-3-11(16)4-6-12;/h2,7-8,11-12,17H,3-6,16H2,1H3;1H. The van der Waals surface area contributed by atoms with Crippen LogP contribution in [0.3, 0.4) is 0 Å². The molecule has 6 nitrogen and oxygen atoms in total. The molecular formula is C14H20ClN3O3S. The second-order valence-corrected chi connectivity index (χ2v) is 6.89. The van der Waals surface area contributed by atoms with Gasteiger partial charge >= 0.3 is 0 Å². The second kappa shape index (κ2) is 7.79. The molecule has 1 saturated carbocycles. The number of hydrogen-bond donors (Lipinski definition) is 2. The Hall–Kier alpha value is -1.33. The van der Waals surface area contributed by atoms with Crippen molar-refractivity contribution in [3.05, 3.63) is 23.8 Å². The number of nitrogens with zero attached hydrogens (tertiary/aromatic N) is 1. The van der Waals surface area contributed by atoms with Crippen molar-refractivity contribution in [2.75, 3.05) is 7.11 Å². The molecule has 1 fully saturated rings. The zero-order valence-corrected chi connectivity index (χ0v) is 13.9. The Morgan fingerprint density at radius 3 is 2.50 bits per heavy atom. The van der Waals surface area contributed by atoms with Gasteiger partial charge in [0.1, 0.15) is 10.6 Å². The first-order valence-corrected chi connectivity index (χ1v) is 8.30. The maximum absolute atomic E-state index is 12.5. The molecule has 0 bridgehead atoms. The van der Waals surface area contributed by atoms with Gasteiger partial charge in [-0.1, -0.05) is 0 Å². The van der Waals surface area contributed by atoms with Gasteiger partial charge in [-0.15, -0.1) is 12.4 Å². The Bertz CT molecular complexity index is 650. The average molecular weight is 346 g/mol. The Balaban J connectivity index is 0.00000242. The van der Waals surface area contributed by atoms with Crippen LogP contribution >= 0.6 is 12.4 Å². The van der Waals surface area contributed by atoms with E-state index in [0.717, 1.165) is 25.7 Å². The van der Waals surface area contributed by atoms with E-state index in [-0.39, 0.29) is 35.1 Å². The fourth-order valence-corrected chi connectivity index (χ4v) is 3.93. The SMILES string of the molecule is COc1cc(C#N)ccc1S(=O)(=O)NC1CCC(N)CC1.Cl. The fraction of sp³-hybridized carbons (Fsp3) is 0.500. The minimum absolute atomic E-state index is 0. The Morgan fingerprint density at radius 1 is 1.32 bits per heavy atom. The molecule has 0 spiro atoms. The highest BCUT2D eigenvalue weighted by Gasteiger charge is 2.26. The molecule has 0 heterocycles. The number of sulfonamides is 1. The largest absolute Gasteiger partial charge is 0.495 e. The van der Waals surface area contributed by atoms with Crippen LogP contribution in [0.1, 0.15) is 31.2 Å². The Morgan fingerprint density at radius 2 is 1.95 bits per heavy atom. The number of nitriles is 1. The molecule has 1 aromatic rings. The normalized spacial score (nSPS) is 21.5. The van der Waals surface area contributed by atoms with E-state index in [1.165, 1.54) is 25.3 Å². The topological polar surface area (TPSA) is 105 Å². The maximum Gasteiger partial charge on any atom is 0.244 e. The third-order valence-electron chi connectivity index (χ3n) is 3.68. The van der Waals surface area contributed by atoms with E-state index in [1.807, 2.05) is 6.07 Å². The number of benzene rings is 1. The molecule has 0 saturated heterocycles. The highest BCUT2D eigenvalue weighted by atomic mass is 35.5. The molecule has 0 unspecified atom stereocenters. The maximum atomic E-state index is 12.5. The molecule has 2 rings (SSSR count). The molecule has 122 valence electrons. The predicted molar refractivity (Wildman–Crippen MR) is 85.5 cm³/mol. The molecule has 0 amide bonds. The van der Waals surface area contributed by atoms with Gasteiger partial charge in [0.15, 0.2) is 0 Å². The molecule has 1 aliphatic rings. The second-order valence-electron chi connectivity index (χ2n) is 5.21. The van der Waals surface area contributed by atoms with Crippen LogP contribution in [0, 0.1) is 11.3 Å². The first kappa shape index (κ1) is 18.7. The van der Waals surface area contributed by atoms with Crippen LogP contribution < -0.4 is 15.2 Å². The van der Waals surface area contributed by atoms with Crippen molar-refractivity contribution in [1.29, 1.82) is 5.26 Å². The van der Waals surface area contributed by atoms with Crippen LogP contribution in [-0.4, -0.2) is 27.6 Å². The molecule has 1 aliphatic carbocycles. The van der Waals surface area contributed by atoms with E-state index in [4.69, 9.17) is 15.7 Å². The summed E-state index contributed by atoms with van der Waals surface area (Å²) in [5.41, 5.74) is 6.18. The van der Waals surface area contributed by atoms with Gasteiger partial charge in [0.25, 0.3) is 0 Å². The van der Waals surface area contributed by atoms with E-state index in [9.17, 15) is 8.42 Å². The van der Waals surface area contributed by atoms with Gasteiger partial charge in [-0.25, -0.2) is 13.1 Å². The van der Waals surface area contributed by atoms with Gasteiger partial charge in [0.2, 0.25) is 10.0 Å². The minimum Gasteiger partial charge on any atom is -0.495 e. The van der Waals surface area contributed by atoms with Crippen molar-refractivity contribution in [2.45, 2.75) is 42.7 Å². The highest BCUT2D eigenvalue weighted by Crippen LogP contribution is 2.26. The first-order chi connectivity index (χ1) is 9.96. The minimum atomic E-state index is -3.67. The summed E-state index contributed by atoms with van der Waals surface area (Å²) in [6.07, 6.45) is 3.10. The quantitative estimate of drug-likeness (QED) is 0.861. The number of methoxy groups -OCH3 is 1. The molecular weight excluding hydrogens is 326 g/mol. The van der Waals surface area contributed by atoms with Crippen LogP contribution in [0.25, 0.3) is 0 Å². The average Bonchev–Trinajstić information content (AvgIpc) is 2.48. The van der Waals surface area contributed by atoms with E-state index >= 15 is 0 Å². The van der Waals surface area contributed by atoms with Crippen molar-refractivity contribution in [3.8, 4) is 11.8 Å². The molecule has 8 heteroatoms. The highest BCUT2D eigenvalue weighted by molar-refractivity contribution is 7.89. The lowest BCUT2D eigenvalue weighted by molar-refractivity contribution is 0.371. The number of rotatable bonds is 4. The third-order valence-corrected chi connectivity index (χ3v) is 5.24. The summed E-state index contributed by atoms with van der Waals surface area (Å²) < 4.78 is 32.7. The van der Waals surface area contributed by atoms with Crippen molar-refractivity contribution < 1.29 is 13.2 Å². The van der Waals surface area contributed by atoms with Gasteiger partial charge < -0.3 is 10.5 Å². The number of nitrogens with one attached hydrogen (secondary N) is 1. The zero-order chi connectivity index (χ0) is 15.5. The molecule has 22 heavy (non-hydrogen) atoms. The lowest BCUT2D eigenvalue weighted by Gasteiger charge is -2.26. The van der Waals surface area contributed by atoms with Gasteiger partial charge in [-0.05, 0) is 43.9 Å². The molecule has 0 aliphatic heterocycles. The molecule has 0 atom stereocenters. The number of halogens is 1. The van der Waals surface area contributed by atoms with Crippen molar-refractivity contribution in [2.24, 2.45) is 5.73 Å². The molecule has 3 N–H and O–H groups in total. The monoisotopic (exact) mass is 345 g/mol. The molecule has 1 aromatic carbocycles. The zero-order valence-electron chi connectivity index (χ0n) is 12.3. The van der Waals surface area contributed by atoms with Crippen LogP contribution in [0.4, 0.5) is 0 Å². The van der Waals surface area contributed by atoms with Gasteiger partial charge in [0.05, 0.1) is 18.7 Å². The van der Waals surface area contributed by atoms with E-state index in [0.29, 0.717) is 5.56 Å². The van der Waals surface area contributed by atoms with Crippen LogP contribution in [0.15, 0.2) is 23.1 Å². The number of nitrogens with two attached hydrogens (primary N) is 1. The summed E-state index contributed by atoms with van der Waals surface area (Å²) in [6, 6.07) is 6.30. The summed E-state index contributed by atoms with van der Waals surface area (Å²) in [4.78, 5) is 0.0545. The van der Waals surface area contributed by atoms with E-state index in [1.54, 1.807) is 0 Å². The lowest BCUT2D eigenvalue weighted by atomic mass is 9.93. The summed E-state index contributed by atoms with van der Waals surface area (Å²) in [5.74, 6) is 0.175. The number of hydrogen-bond acceptors (Lipinski definition) is 5. The summed E-state index contributed by atoms with van der Waals surface area (Å²) in [7, 11) is -2.29. The van der Waals surface area contributed by atoms with Crippen LogP contribution in [-0.2, 0) is 10.0 Å². The summed E-state index contributed by atoms with van der Waals surface area (Å²) in [6.45, 7) is 0. The third kappa shape index (κ3) is 4.34. The van der Waals surface area contributed by atoms with Gasteiger partial charge in [-0.2, -0.15) is 5.26 Å². The van der Waals surface area contributed by atoms with E-state index in [2.05, 4.69) is 4.72 Å². The summed E-state index contributed by atoms with van der Waals surface area (Å²) in [5, 5.41) is 8.85. The Labute approximate surface area is 137 Å². The van der Waals surface area contributed by atoms with Crippen molar-refractivity contribution >= 4 is 22.4 Å². The van der Waals surface area contributed by atoms with Crippen molar-refractivity contribution in [1.82, 2.24) is 4.72 Å². The van der Waals surface area contributed by atoms with Gasteiger partial charge in [0, 0.05) is 12.1 Å². The first-order valence-electron chi connectivity index (χ1n) is 6.82. The van der Waals surface area contributed by atoms with Crippen LogP contribution in [0.2, 0.25) is 0 Å². The predicted octanol–water partition coefficient (Wildman–Crippen LogP) is 1.54. The van der Waals surface area contributed by atoms with Crippen molar-refractivity contribution in [3.63, 3.8) is 0 Å². The summed E-state index contributed by atoms with van der Waals surface area (Å²) >= 11 is 0. The molecule has 0 radical (unpaired) electrons. The smallest absolute Gasteiger partial charge is 0.244 e. The van der Waals surface area contributed by atoms with Crippen LogP contribution in [0.5, 0.6) is 5.75 Å². The Kier molecular flexibility index (Phi) is 6.63. The lowest BCUT2D eigenvalue weighted by Crippen LogP contribution is -2.40. The van der Waals surface area contributed by atoms with E-state index < -0.39 is 10.0 Å². The molecule has 0 aromatic heterocycles.